The van der Waals surface area contributed by atoms with E-state index in [0.717, 1.165) is 36.4 Å². The van der Waals surface area contributed by atoms with Crippen molar-refractivity contribution in [3.05, 3.63) is 76.6 Å². The molecule has 0 spiro atoms. The van der Waals surface area contributed by atoms with E-state index in [4.69, 9.17) is 15.9 Å². The molecule has 2 rings (SSSR count). The number of carbonyl (C=O) groups excluding carboxylic acids is 2. The van der Waals surface area contributed by atoms with Gasteiger partial charge < -0.3 is 21.2 Å². The van der Waals surface area contributed by atoms with E-state index >= 15 is 0 Å². The van der Waals surface area contributed by atoms with Crippen molar-refractivity contribution in [1.29, 1.82) is 5.41 Å². The molecule has 0 heterocycles. The summed E-state index contributed by atoms with van der Waals surface area (Å²) in [7, 11) is 0. The molecule has 2 aromatic rings. The summed E-state index contributed by atoms with van der Waals surface area (Å²) < 4.78 is 58.2. The van der Waals surface area contributed by atoms with E-state index in [-0.39, 0.29) is 11.4 Å². The second kappa shape index (κ2) is 9.00. The monoisotopic (exact) mass is 409 g/mol. The van der Waals surface area contributed by atoms with Gasteiger partial charge in [0, 0.05) is 17.5 Å². The number of anilines is 1. The molecule has 29 heavy (non-hydrogen) atoms. The molecule has 6 nitrogen and oxygen atoms in total. The maximum Gasteiger partial charge on any atom is 0.344 e. The Morgan fingerprint density at radius 2 is 1.66 bits per heavy atom. The first-order chi connectivity index (χ1) is 13.6. The molecule has 0 saturated heterocycles. The van der Waals surface area contributed by atoms with Crippen LogP contribution in [0.5, 0.6) is 0 Å². The molecule has 0 saturated carbocycles. The van der Waals surface area contributed by atoms with E-state index < -0.39 is 58.6 Å². The summed E-state index contributed by atoms with van der Waals surface area (Å²) in [6.45, 7) is 0.181. The first kappa shape index (κ1) is 21.6. The van der Waals surface area contributed by atoms with Gasteiger partial charge in [-0.1, -0.05) is 6.07 Å². The number of rotatable bonds is 7. The number of nitrogens with one attached hydrogen (secondary N) is 2. The predicted molar refractivity (Wildman–Crippen MR) is 96.2 cm³/mol. The molecule has 0 amide bonds. The zero-order valence-electron chi connectivity index (χ0n) is 15.0. The minimum absolute atomic E-state index is 0.0162. The smallest absolute Gasteiger partial charge is 0.344 e. The Kier molecular flexibility index (Phi) is 6.71. The largest absolute Gasteiger partial charge is 0.454 e. The molecule has 2 aromatic carbocycles. The van der Waals surface area contributed by atoms with E-state index in [0.29, 0.717) is 0 Å². The Hall–Kier alpha value is -3.69. The molecular weight excluding hydrogens is 394 g/mol. The summed E-state index contributed by atoms with van der Waals surface area (Å²) in [6.07, 6.45) is 0. The lowest BCUT2D eigenvalue weighted by Crippen LogP contribution is -2.25. The molecule has 4 N–H and O–H groups in total. The molecule has 0 aliphatic rings. The molecule has 0 unspecified atom stereocenters. The van der Waals surface area contributed by atoms with Crippen molar-refractivity contribution in [3.8, 4) is 0 Å². The summed E-state index contributed by atoms with van der Waals surface area (Å²) >= 11 is 0. The molecule has 10 heteroatoms. The molecule has 0 fully saturated rings. The van der Waals surface area contributed by atoms with Crippen molar-refractivity contribution in [2.24, 2.45) is 5.73 Å². The Labute approximate surface area is 162 Å². The molecule has 0 aliphatic heterocycles. The van der Waals surface area contributed by atoms with Crippen molar-refractivity contribution in [1.82, 2.24) is 0 Å². The number of hydrogen-bond acceptors (Lipinski definition) is 6. The number of hydrogen-bond donors (Lipinski definition) is 3. The zero-order valence-corrected chi connectivity index (χ0v) is 15.0. The van der Waals surface area contributed by atoms with Crippen LogP contribution in [-0.2, 0) is 9.53 Å². The second-order valence-corrected chi connectivity index (χ2v) is 5.76. The normalized spacial score (nSPS) is 11.5. The lowest BCUT2D eigenvalue weighted by Gasteiger charge is -2.13. The summed E-state index contributed by atoms with van der Waals surface area (Å²) in [6, 6.07) is 5.54. The minimum Gasteiger partial charge on any atom is -0.454 e. The average Bonchev–Trinajstić information content (AvgIpc) is 2.62. The highest BCUT2D eigenvalue weighted by Crippen LogP contribution is 2.17. The van der Waals surface area contributed by atoms with Crippen LogP contribution in [0.1, 0.15) is 17.3 Å². The molecule has 0 aromatic heterocycles. The lowest BCUT2D eigenvalue weighted by molar-refractivity contribution is -0.137. The highest BCUT2D eigenvalue weighted by Gasteiger charge is 2.22. The van der Waals surface area contributed by atoms with Crippen LogP contribution in [0.2, 0.25) is 0 Å². The molecule has 0 radical (unpaired) electrons. The highest BCUT2D eigenvalue weighted by atomic mass is 19.2. The molecule has 0 aliphatic carbocycles. The number of Topliss-reactive ketones (excluding diaryl/α,β-unsaturated/α-hetero) is 1. The van der Waals surface area contributed by atoms with Crippen molar-refractivity contribution in [3.63, 3.8) is 0 Å². The number of esters is 1. The quantitative estimate of drug-likeness (QED) is 0.214. The minimum atomic E-state index is -1.23. The second-order valence-electron chi connectivity index (χ2n) is 5.76. The summed E-state index contributed by atoms with van der Waals surface area (Å²) in [5, 5.41) is 10.1. The zero-order chi connectivity index (χ0) is 21.7. The number of ketones is 1. The van der Waals surface area contributed by atoms with Gasteiger partial charge in [0.05, 0.1) is 5.56 Å². The fourth-order valence-electron chi connectivity index (χ4n) is 2.30. The lowest BCUT2D eigenvalue weighted by atomic mass is 10.1. The maximum absolute atomic E-state index is 13.6. The van der Waals surface area contributed by atoms with Gasteiger partial charge in [-0.05, 0) is 31.2 Å². The Morgan fingerprint density at radius 3 is 2.21 bits per heavy atom. The standard InChI is InChI=1S/C19H15F4N3O3/c1-9(24)16(18(25)26-10-5-6-11(20)14(23)7-10)19(28)29-8-15(27)17-12(21)3-2-4-13(17)22/h2-7,24,26H,8,25H2,1H3/b18-16+,24-9?. The SMILES string of the molecule is CC(=N)/C(C(=O)OCC(=O)c1c(F)cccc1F)=C(/N)Nc1ccc(F)c(F)c1. The van der Waals surface area contributed by atoms with E-state index in [1.807, 2.05) is 0 Å². The van der Waals surface area contributed by atoms with E-state index in [1.54, 1.807) is 0 Å². The Balaban J connectivity index is 2.18. The third-order valence-electron chi connectivity index (χ3n) is 3.62. The maximum atomic E-state index is 13.6. The van der Waals surface area contributed by atoms with Crippen LogP contribution in [0.25, 0.3) is 0 Å². The van der Waals surface area contributed by atoms with Crippen LogP contribution in [0.4, 0.5) is 23.2 Å². The summed E-state index contributed by atoms with van der Waals surface area (Å²) in [4.78, 5) is 24.2. The first-order valence-electron chi connectivity index (χ1n) is 8.03. The van der Waals surface area contributed by atoms with E-state index in [9.17, 15) is 27.2 Å². The third kappa shape index (κ3) is 5.18. The van der Waals surface area contributed by atoms with Gasteiger partial charge in [-0.15, -0.1) is 0 Å². The van der Waals surface area contributed by atoms with Crippen LogP contribution in [0.15, 0.2) is 47.8 Å². The molecule has 0 atom stereocenters. The van der Waals surface area contributed by atoms with Crippen LogP contribution >= 0.6 is 0 Å². The van der Waals surface area contributed by atoms with Crippen molar-refractivity contribution in [2.75, 3.05) is 11.9 Å². The number of nitrogens with two attached hydrogens (primary N) is 1. The van der Waals surface area contributed by atoms with Crippen LogP contribution in [0, 0.1) is 28.7 Å². The Morgan fingerprint density at radius 1 is 1.03 bits per heavy atom. The Bertz CT molecular complexity index is 1000. The third-order valence-corrected chi connectivity index (χ3v) is 3.62. The predicted octanol–water partition coefficient (Wildman–Crippen LogP) is 3.29. The number of halogens is 4. The topological polar surface area (TPSA) is 105 Å². The van der Waals surface area contributed by atoms with E-state index in [1.165, 1.54) is 6.92 Å². The summed E-state index contributed by atoms with van der Waals surface area (Å²) in [5.74, 6) is -7.30. The highest BCUT2D eigenvalue weighted by molar-refractivity contribution is 6.18. The molecular formula is C19H15F4N3O3. The van der Waals surface area contributed by atoms with Gasteiger partial charge in [0.15, 0.2) is 18.2 Å². The van der Waals surface area contributed by atoms with Crippen molar-refractivity contribution in [2.45, 2.75) is 6.92 Å². The van der Waals surface area contributed by atoms with Gasteiger partial charge in [0.2, 0.25) is 5.78 Å². The van der Waals surface area contributed by atoms with Gasteiger partial charge >= 0.3 is 5.97 Å². The summed E-state index contributed by atoms with van der Waals surface area (Å²) in [5.41, 5.74) is 3.95. The van der Waals surface area contributed by atoms with Gasteiger partial charge in [0.25, 0.3) is 0 Å². The van der Waals surface area contributed by atoms with Gasteiger partial charge in [0.1, 0.15) is 23.0 Å². The fourth-order valence-corrected chi connectivity index (χ4v) is 2.30. The molecule has 152 valence electrons. The van der Waals surface area contributed by atoms with Crippen LogP contribution in [0.3, 0.4) is 0 Å². The van der Waals surface area contributed by atoms with E-state index in [2.05, 4.69) is 5.32 Å². The first-order valence-corrected chi connectivity index (χ1v) is 8.03. The fraction of sp³-hybridized carbons (Fsp3) is 0.105. The average molecular weight is 409 g/mol. The van der Waals surface area contributed by atoms with Crippen LogP contribution in [-0.4, -0.2) is 24.1 Å². The van der Waals surface area contributed by atoms with Crippen LogP contribution < -0.4 is 11.1 Å². The molecule has 0 bridgehead atoms. The van der Waals surface area contributed by atoms with Gasteiger partial charge in [-0.25, -0.2) is 22.4 Å². The van der Waals surface area contributed by atoms with Crippen molar-refractivity contribution < 1.29 is 31.9 Å². The number of ether oxygens (including phenoxy) is 1. The van der Waals surface area contributed by atoms with Crippen molar-refractivity contribution >= 4 is 23.2 Å². The number of benzene rings is 2. The van der Waals surface area contributed by atoms with Gasteiger partial charge in [-0.3, -0.25) is 4.79 Å². The number of carbonyl (C=O) groups is 2. The van der Waals surface area contributed by atoms with Gasteiger partial charge in [-0.2, -0.15) is 0 Å².